The van der Waals surface area contributed by atoms with Crippen molar-refractivity contribution in [3.63, 3.8) is 0 Å². The van der Waals surface area contributed by atoms with Crippen LogP contribution in [0.1, 0.15) is 23.0 Å². The van der Waals surface area contributed by atoms with Gasteiger partial charge in [-0.15, -0.1) is 0 Å². The van der Waals surface area contributed by atoms with Crippen molar-refractivity contribution in [2.24, 2.45) is 7.05 Å². The fourth-order valence-corrected chi connectivity index (χ4v) is 2.04. The van der Waals surface area contributed by atoms with Gasteiger partial charge in [0.25, 0.3) is 0 Å². The Hall–Kier alpha value is -2.41. The van der Waals surface area contributed by atoms with Crippen molar-refractivity contribution in [3.05, 3.63) is 41.7 Å². The van der Waals surface area contributed by atoms with Crippen LogP contribution in [-0.2, 0) is 11.8 Å². The van der Waals surface area contributed by atoms with Crippen LogP contribution in [0.5, 0.6) is 0 Å². The zero-order valence-corrected chi connectivity index (χ0v) is 13.5. The smallest absolute Gasteiger partial charge is 0.338 e. The van der Waals surface area contributed by atoms with Crippen LogP contribution in [0.3, 0.4) is 0 Å². The number of carbonyl (C=O) groups excluding carboxylic acids is 1. The summed E-state index contributed by atoms with van der Waals surface area (Å²) in [6, 6.07) is 6.93. The third-order valence-electron chi connectivity index (χ3n) is 3.14. The Bertz CT molecular complexity index is 679. The maximum atomic E-state index is 11.6. The highest BCUT2D eigenvalue weighted by Gasteiger charge is 2.08. The molecule has 1 heterocycles. The Balaban J connectivity index is 1.97. The molecule has 0 aliphatic rings. The Morgan fingerprint density at radius 2 is 2.00 bits per heavy atom. The standard InChI is InChI=1S/C15H18N4O2S/c1-4-21-14(20)11-5-7-12(8-6-11)17-15(22)18-13-9-16-19(3)10(13)2/h5-9H,4H2,1-3H3,(H2,17,18,22). The largest absolute Gasteiger partial charge is 0.462 e. The van der Waals surface area contributed by atoms with E-state index in [4.69, 9.17) is 17.0 Å². The summed E-state index contributed by atoms with van der Waals surface area (Å²) in [7, 11) is 1.87. The lowest BCUT2D eigenvalue weighted by Crippen LogP contribution is -2.19. The van der Waals surface area contributed by atoms with Gasteiger partial charge in [-0.1, -0.05) is 0 Å². The van der Waals surface area contributed by atoms with Gasteiger partial charge in [0.15, 0.2) is 5.11 Å². The summed E-state index contributed by atoms with van der Waals surface area (Å²) < 4.78 is 6.70. The Labute approximate surface area is 134 Å². The number of thiocarbonyl (C=S) groups is 1. The molecule has 0 saturated carbocycles. The maximum absolute atomic E-state index is 11.6. The molecule has 0 aliphatic carbocycles. The third-order valence-corrected chi connectivity index (χ3v) is 3.34. The summed E-state index contributed by atoms with van der Waals surface area (Å²) in [5.74, 6) is -0.333. The number of rotatable bonds is 4. The molecule has 0 unspecified atom stereocenters. The molecule has 0 saturated heterocycles. The molecule has 7 heteroatoms. The second kappa shape index (κ2) is 7.04. The van der Waals surface area contributed by atoms with Crippen molar-refractivity contribution < 1.29 is 9.53 Å². The zero-order chi connectivity index (χ0) is 16.1. The van der Waals surface area contributed by atoms with E-state index in [1.165, 1.54) is 0 Å². The van der Waals surface area contributed by atoms with Gasteiger partial charge in [-0.2, -0.15) is 5.10 Å². The first-order valence-electron chi connectivity index (χ1n) is 6.85. The number of ether oxygens (including phenoxy) is 1. The predicted octanol–water partition coefficient (Wildman–Crippen LogP) is 2.71. The number of nitrogens with one attached hydrogen (secondary N) is 2. The van der Waals surface area contributed by atoms with E-state index in [1.807, 2.05) is 14.0 Å². The maximum Gasteiger partial charge on any atom is 0.338 e. The lowest BCUT2D eigenvalue weighted by molar-refractivity contribution is 0.0526. The van der Waals surface area contributed by atoms with Gasteiger partial charge in [-0.3, -0.25) is 4.68 Å². The first-order valence-corrected chi connectivity index (χ1v) is 7.26. The molecule has 0 fully saturated rings. The highest BCUT2D eigenvalue weighted by molar-refractivity contribution is 7.80. The molecule has 0 atom stereocenters. The number of aryl methyl sites for hydroxylation is 1. The van der Waals surface area contributed by atoms with Crippen molar-refractivity contribution in [1.82, 2.24) is 9.78 Å². The lowest BCUT2D eigenvalue weighted by Gasteiger charge is -2.10. The molecule has 2 aromatic rings. The van der Waals surface area contributed by atoms with Gasteiger partial charge >= 0.3 is 5.97 Å². The first kappa shape index (κ1) is 16.0. The highest BCUT2D eigenvalue weighted by atomic mass is 32.1. The molecule has 1 aromatic carbocycles. The van der Waals surface area contributed by atoms with E-state index >= 15 is 0 Å². The van der Waals surface area contributed by atoms with Crippen LogP contribution in [0.4, 0.5) is 11.4 Å². The second-order valence-electron chi connectivity index (χ2n) is 4.64. The van der Waals surface area contributed by atoms with Crippen LogP contribution in [0.25, 0.3) is 0 Å². The van der Waals surface area contributed by atoms with Gasteiger partial charge in [0.05, 0.1) is 29.7 Å². The van der Waals surface area contributed by atoms with Crippen LogP contribution in [-0.4, -0.2) is 27.5 Å². The van der Waals surface area contributed by atoms with Crippen molar-refractivity contribution in [1.29, 1.82) is 0 Å². The fourth-order valence-electron chi connectivity index (χ4n) is 1.81. The van der Waals surface area contributed by atoms with E-state index in [1.54, 1.807) is 42.1 Å². The number of hydrogen-bond donors (Lipinski definition) is 2. The molecule has 0 radical (unpaired) electrons. The summed E-state index contributed by atoms with van der Waals surface area (Å²) in [5, 5.41) is 10.7. The molecule has 0 bridgehead atoms. The van der Waals surface area contributed by atoms with Crippen LogP contribution >= 0.6 is 12.2 Å². The van der Waals surface area contributed by atoms with Gasteiger partial charge in [-0.05, 0) is 50.3 Å². The average molecular weight is 318 g/mol. The number of carbonyl (C=O) groups is 1. The quantitative estimate of drug-likeness (QED) is 0.667. The minimum atomic E-state index is -0.333. The number of aromatic nitrogens is 2. The van der Waals surface area contributed by atoms with E-state index in [0.717, 1.165) is 17.1 Å². The summed E-state index contributed by atoms with van der Waals surface area (Å²) in [5.41, 5.74) is 3.13. The predicted molar refractivity (Wildman–Crippen MR) is 90.2 cm³/mol. The average Bonchev–Trinajstić information content (AvgIpc) is 2.80. The van der Waals surface area contributed by atoms with Crippen LogP contribution in [0, 0.1) is 6.92 Å². The number of anilines is 2. The van der Waals surface area contributed by atoms with Crippen molar-refractivity contribution >= 4 is 34.7 Å². The number of hydrogen-bond acceptors (Lipinski definition) is 4. The molecule has 0 aliphatic heterocycles. The van der Waals surface area contributed by atoms with Crippen LogP contribution < -0.4 is 10.6 Å². The monoisotopic (exact) mass is 318 g/mol. The molecule has 1 aromatic heterocycles. The van der Waals surface area contributed by atoms with Gasteiger partial charge in [-0.25, -0.2) is 4.79 Å². The zero-order valence-electron chi connectivity index (χ0n) is 12.7. The Kier molecular flexibility index (Phi) is 5.11. The molecular weight excluding hydrogens is 300 g/mol. The summed E-state index contributed by atoms with van der Waals surface area (Å²) >= 11 is 5.26. The van der Waals surface area contributed by atoms with E-state index in [-0.39, 0.29) is 5.97 Å². The number of esters is 1. The fraction of sp³-hybridized carbons (Fsp3) is 0.267. The Morgan fingerprint density at radius 1 is 1.32 bits per heavy atom. The van der Waals surface area contributed by atoms with E-state index < -0.39 is 0 Å². The summed E-state index contributed by atoms with van der Waals surface area (Å²) in [6.07, 6.45) is 1.72. The topological polar surface area (TPSA) is 68.2 Å². The van der Waals surface area contributed by atoms with Crippen LogP contribution in [0.15, 0.2) is 30.5 Å². The molecule has 2 N–H and O–H groups in total. The normalized spacial score (nSPS) is 10.1. The number of nitrogens with zero attached hydrogens (tertiary/aromatic N) is 2. The van der Waals surface area contributed by atoms with Gasteiger partial charge in [0.2, 0.25) is 0 Å². The van der Waals surface area contributed by atoms with Gasteiger partial charge in [0.1, 0.15) is 0 Å². The van der Waals surface area contributed by atoms with Crippen LogP contribution in [0.2, 0.25) is 0 Å². The molecule has 0 spiro atoms. The number of benzene rings is 1. The summed E-state index contributed by atoms with van der Waals surface area (Å²) in [4.78, 5) is 11.6. The van der Waals surface area contributed by atoms with Gasteiger partial charge < -0.3 is 15.4 Å². The second-order valence-corrected chi connectivity index (χ2v) is 5.05. The van der Waals surface area contributed by atoms with Crippen molar-refractivity contribution in [3.8, 4) is 0 Å². The van der Waals surface area contributed by atoms with E-state index in [2.05, 4.69) is 15.7 Å². The lowest BCUT2D eigenvalue weighted by atomic mass is 10.2. The molecule has 0 amide bonds. The van der Waals surface area contributed by atoms with E-state index in [0.29, 0.717) is 17.3 Å². The molecule has 116 valence electrons. The summed E-state index contributed by atoms with van der Waals surface area (Å²) in [6.45, 7) is 4.09. The molecule has 22 heavy (non-hydrogen) atoms. The first-order chi connectivity index (χ1) is 10.5. The van der Waals surface area contributed by atoms with Crippen molar-refractivity contribution in [2.45, 2.75) is 13.8 Å². The highest BCUT2D eigenvalue weighted by Crippen LogP contribution is 2.14. The minimum absolute atomic E-state index is 0.333. The minimum Gasteiger partial charge on any atom is -0.462 e. The Morgan fingerprint density at radius 3 is 2.55 bits per heavy atom. The SMILES string of the molecule is CCOC(=O)c1ccc(NC(=S)Nc2cnn(C)c2C)cc1. The van der Waals surface area contributed by atoms with Gasteiger partial charge in [0, 0.05) is 12.7 Å². The molecule has 2 rings (SSSR count). The molecular formula is C15H18N4O2S. The third kappa shape index (κ3) is 3.82. The van der Waals surface area contributed by atoms with E-state index in [9.17, 15) is 4.79 Å². The molecule has 6 nitrogen and oxygen atoms in total. The van der Waals surface area contributed by atoms with Crippen molar-refractivity contribution in [2.75, 3.05) is 17.2 Å².